The zero-order chi connectivity index (χ0) is 14.7. The summed E-state index contributed by atoms with van der Waals surface area (Å²) in [5.41, 5.74) is 3.41. The van der Waals surface area contributed by atoms with Crippen LogP contribution in [0.15, 0.2) is 36.4 Å². The minimum Gasteiger partial charge on any atom is -0.310 e. The number of aryl methyl sites for hydroxylation is 1. The molecule has 0 heterocycles. The fourth-order valence-electron chi connectivity index (χ4n) is 2.05. The molecular weight excluding hydrogens is 273 g/mol. The smallest absolute Gasteiger partial charge is 0.131 e. The van der Waals surface area contributed by atoms with Gasteiger partial charge in [0.05, 0.1) is 0 Å². The van der Waals surface area contributed by atoms with Crippen molar-refractivity contribution in [2.45, 2.75) is 33.4 Å². The van der Waals surface area contributed by atoms with Crippen molar-refractivity contribution in [3.63, 3.8) is 0 Å². The highest BCUT2D eigenvalue weighted by Crippen LogP contribution is 2.31. The van der Waals surface area contributed by atoms with Crippen molar-refractivity contribution in [1.29, 1.82) is 0 Å². The van der Waals surface area contributed by atoms with Crippen LogP contribution in [0.4, 0.5) is 4.39 Å². The number of halogens is 2. The maximum atomic E-state index is 13.9. The van der Waals surface area contributed by atoms with Gasteiger partial charge in [-0.3, -0.25) is 0 Å². The van der Waals surface area contributed by atoms with Gasteiger partial charge in [-0.25, -0.2) is 4.39 Å². The van der Waals surface area contributed by atoms with Gasteiger partial charge in [-0.1, -0.05) is 49.2 Å². The van der Waals surface area contributed by atoms with Gasteiger partial charge in [0.25, 0.3) is 0 Å². The van der Waals surface area contributed by atoms with Gasteiger partial charge in [0, 0.05) is 28.7 Å². The van der Waals surface area contributed by atoms with Gasteiger partial charge >= 0.3 is 0 Å². The second-order valence-electron chi connectivity index (χ2n) is 5.33. The van der Waals surface area contributed by atoms with Crippen LogP contribution in [0.2, 0.25) is 5.02 Å². The molecule has 20 heavy (non-hydrogen) atoms. The molecule has 2 rings (SSSR count). The van der Waals surface area contributed by atoms with Crippen molar-refractivity contribution in [3.05, 3.63) is 58.4 Å². The maximum Gasteiger partial charge on any atom is 0.131 e. The molecule has 0 aliphatic rings. The molecule has 1 nitrogen and oxygen atoms in total. The number of benzene rings is 2. The summed E-state index contributed by atoms with van der Waals surface area (Å²) in [7, 11) is 0. The summed E-state index contributed by atoms with van der Waals surface area (Å²) in [6.45, 7) is 6.89. The molecule has 106 valence electrons. The third-order valence-electron chi connectivity index (χ3n) is 3.16. The zero-order valence-corrected chi connectivity index (χ0v) is 12.8. The van der Waals surface area contributed by atoms with Crippen LogP contribution < -0.4 is 5.32 Å². The summed E-state index contributed by atoms with van der Waals surface area (Å²) >= 11 is 6.31. The standard InChI is InChI=1S/C17H19ClFN/c1-11(2)20-10-13-5-6-14(16(18)9-13)15-8-12(3)4-7-17(15)19/h4-9,11,20H,10H2,1-3H3. The number of hydrogen-bond donors (Lipinski definition) is 1. The molecule has 0 saturated heterocycles. The van der Waals surface area contributed by atoms with E-state index in [0.717, 1.165) is 23.2 Å². The molecule has 3 heteroatoms. The van der Waals surface area contributed by atoms with Crippen LogP contribution in [0.25, 0.3) is 11.1 Å². The lowest BCUT2D eigenvalue weighted by atomic mass is 10.0. The van der Waals surface area contributed by atoms with Crippen molar-refractivity contribution in [1.82, 2.24) is 5.32 Å². The Kier molecular flexibility index (Phi) is 4.79. The van der Waals surface area contributed by atoms with Gasteiger partial charge in [-0.05, 0) is 30.7 Å². The number of rotatable bonds is 4. The van der Waals surface area contributed by atoms with E-state index in [2.05, 4.69) is 19.2 Å². The monoisotopic (exact) mass is 291 g/mol. The predicted molar refractivity (Wildman–Crippen MR) is 83.6 cm³/mol. The first kappa shape index (κ1) is 15.0. The average Bonchev–Trinajstić information content (AvgIpc) is 2.39. The molecule has 2 aromatic rings. The molecule has 0 amide bonds. The first-order chi connectivity index (χ1) is 9.47. The molecule has 0 aliphatic carbocycles. The summed E-state index contributed by atoms with van der Waals surface area (Å²) in [6, 6.07) is 11.2. The molecule has 0 aliphatic heterocycles. The molecule has 0 unspecified atom stereocenters. The van der Waals surface area contributed by atoms with E-state index < -0.39 is 0 Å². The van der Waals surface area contributed by atoms with E-state index in [1.165, 1.54) is 6.07 Å². The molecule has 0 bridgehead atoms. The van der Waals surface area contributed by atoms with E-state index in [0.29, 0.717) is 16.6 Å². The molecule has 0 atom stereocenters. The Morgan fingerprint density at radius 2 is 1.85 bits per heavy atom. The Labute approximate surface area is 124 Å². The Morgan fingerprint density at radius 3 is 2.50 bits per heavy atom. The third kappa shape index (κ3) is 3.59. The van der Waals surface area contributed by atoms with Crippen molar-refractivity contribution in [2.24, 2.45) is 0 Å². The van der Waals surface area contributed by atoms with E-state index in [9.17, 15) is 4.39 Å². The lowest BCUT2D eigenvalue weighted by Gasteiger charge is -2.11. The highest BCUT2D eigenvalue weighted by Gasteiger charge is 2.10. The first-order valence-electron chi connectivity index (χ1n) is 6.75. The molecule has 0 saturated carbocycles. The minimum absolute atomic E-state index is 0.245. The van der Waals surface area contributed by atoms with E-state index in [-0.39, 0.29) is 5.82 Å². The maximum absolute atomic E-state index is 13.9. The largest absolute Gasteiger partial charge is 0.310 e. The Balaban J connectivity index is 2.32. The van der Waals surface area contributed by atoms with Crippen LogP contribution in [0, 0.1) is 12.7 Å². The van der Waals surface area contributed by atoms with Crippen LogP contribution in [0.3, 0.4) is 0 Å². The van der Waals surface area contributed by atoms with Gasteiger partial charge < -0.3 is 5.32 Å². The normalized spacial score (nSPS) is 11.1. The summed E-state index contributed by atoms with van der Waals surface area (Å²) in [5, 5.41) is 3.92. The molecule has 0 spiro atoms. The van der Waals surface area contributed by atoms with Crippen LogP contribution >= 0.6 is 11.6 Å². The minimum atomic E-state index is -0.245. The Hall–Kier alpha value is -1.38. The number of nitrogens with one attached hydrogen (secondary N) is 1. The third-order valence-corrected chi connectivity index (χ3v) is 3.47. The lowest BCUT2D eigenvalue weighted by Crippen LogP contribution is -2.21. The van der Waals surface area contributed by atoms with Crippen molar-refractivity contribution >= 4 is 11.6 Å². The van der Waals surface area contributed by atoms with Crippen LogP contribution in [-0.2, 0) is 6.54 Å². The molecule has 0 aromatic heterocycles. The van der Waals surface area contributed by atoms with Crippen molar-refractivity contribution in [2.75, 3.05) is 0 Å². The lowest BCUT2D eigenvalue weighted by molar-refractivity contribution is 0.589. The van der Waals surface area contributed by atoms with E-state index >= 15 is 0 Å². The fraction of sp³-hybridized carbons (Fsp3) is 0.294. The van der Waals surface area contributed by atoms with Gasteiger partial charge in [0.1, 0.15) is 5.82 Å². The fourth-order valence-corrected chi connectivity index (χ4v) is 2.36. The molecular formula is C17H19ClFN. The van der Waals surface area contributed by atoms with Crippen LogP contribution in [0.1, 0.15) is 25.0 Å². The molecule has 2 aromatic carbocycles. The summed E-state index contributed by atoms with van der Waals surface area (Å²) in [6.07, 6.45) is 0. The van der Waals surface area contributed by atoms with E-state index in [4.69, 9.17) is 11.6 Å². The Morgan fingerprint density at radius 1 is 1.10 bits per heavy atom. The predicted octanol–water partition coefficient (Wildman–Crippen LogP) is 4.95. The van der Waals surface area contributed by atoms with Gasteiger partial charge in [0.15, 0.2) is 0 Å². The van der Waals surface area contributed by atoms with E-state index in [1.807, 2.05) is 31.2 Å². The Bertz CT molecular complexity index is 608. The zero-order valence-electron chi connectivity index (χ0n) is 12.0. The van der Waals surface area contributed by atoms with Crippen LogP contribution in [-0.4, -0.2) is 6.04 Å². The molecule has 1 N–H and O–H groups in total. The van der Waals surface area contributed by atoms with Crippen LogP contribution in [0.5, 0.6) is 0 Å². The second-order valence-corrected chi connectivity index (χ2v) is 5.74. The highest BCUT2D eigenvalue weighted by molar-refractivity contribution is 6.33. The quantitative estimate of drug-likeness (QED) is 0.840. The summed E-state index contributed by atoms with van der Waals surface area (Å²) in [4.78, 5) is 0. The topological polar surface area (TPSA) is 12.0 Å². The highest BCUT2D eigenvalue weighted by atomic mass is 35.5. The average molecular weight is 292 g/mol. The first-order valence-corrected chi connectivity index (χ1v) is 7.13. The number of hydrogen-bond acceptors (Lipinski definition) is 1. The molecule has 0 radical (unpaired) electrons. The van der Waals surface area contributed by atoms with Gasteiger partial charge in [0.2, 0.25) is 0 Å². The van der Waals surface area contributed by atoms with Gasteiger partial charge in [-0.15, -0.1) is 0 Å². The summed E-state index contributed by atoms with van der Waals surface area (Å²) < 4.78 is 13.9. The SMILES string of the molecule is Cc1ccc(F)c(-c2ccc(CNC(C)C)cc2Cl)c1. The summed E-state index contributed by atoms with van der Waals surface area (Å²) in [5.74, 6) is -0.245. The van der Waals surface area contributed by atoms with Crippen molar-refractivity contribution in [3.8, 4) is 11.1 Å². The van der Waals surface area contributed by atoms with Crippen molar-refractivity contribution < 1.29 is 4.39 Å². The second kappa shape index (κ2) is 6.38. The van der Waals surface area contributed by atoms with E-state index in [1.54, 1.807) is 6.07 Å². The molecule has 0 fully saturated rings. The van der Waals surface area contributed by atoms with Gasteiger partial charge in [-0.2, -0.15) is 0 Å².